The van der Waals surface area contributed by atoms with Crippen molar-refractivity contribution in [2.45, 2.75) is 20.5 Å². The molecule has 0 N–H and O–H groups in total. The molecule has 0 saturated heterocycles. The highest BCUT2D eigenvalue weighted by atomic mass is 16.5. The van der Waals surface area contributed by atoms with E-state index in [0.717, 1.165) is 11.3 Å². The second kappa shape index (κ2) is 5.42. The lowest BCUT2D eigenvalue weighted by atomic mass is 10.1. The van der Waals surface area contributed by atoms with Gasteiger partial charge in [0.25, 0.3) is 0 Å². The first-order valence-electron chi connectivity index (χ1n) is 5.94. The molecule has 0 amide bonds. The number of terminal acetylenes is 1. The Bertz CT molecular complexity index is 591. The molecule has 0 unspecified atom stereocenters. The van der Waals surface area contributed by atoms with Gasteiger partial charge in [0.05, 0.1) is 0 Å². The first-order chi connectivity index (χ1) is 8.69. The minimum Gasteiger partial charge on any atom is -0.489 e. The van der Waals surface area contributed by atoms with Crippen LogP contribution in [0.15, 0.2) is 42.5 Å². The molecule has 0 spiro atoms. The summed E-state index contributed by atoms with van der Waals surface area (Å²) in [6, 6.07) is 14.0. The first kappa shape index (κ1) is 12.3. The highest BCUT2D eigenvalue weighted by Gasteiger charge is 1.99. The third-order valence-corrected chi connectivity index (χ3v) is 2.98. The third kappa shape index (κ3) is 2.93. The van der Waals surface area contributed by atoms with Gasteiger partial charge in [-0.1, -0.05) is 30.2 Å². The van der Waals surface area contributed by atoms with Crippen molar-refractivity contribution in [2.24, 2.45) is 0 Å². The predicted molar refractivity (Wildman–Crippen MR) is 74.6 cm³/mol. The molecule has 2 aromatic carbocycles. The topological polar surface area (TPSA) is 9.23 Å². The zero-order valence-electron chi connectivity index (χ0n) is 10.7. The lowest BCUT2D eigenvalue weighted by molar-refractivity contribution is 0.306. The van der Waals surface area contributed by atoms with Crippen molar-refractivity contribution >= 4 is 0 Å². The van der Waals surface area contributed by atoms with Gasteiger partial charge in [-0.05, 0) is 48.7 Å². The summed E-state index contributed by atoms with van der Waals surface area (Å²) < 4.78 is 5.73. The second-order valence-electron chi connectivity index (χ2n) is 4.38. The van der Waals surface area contributed by atoms with Gasteiger partial charge in [0.2, 0.25) is 0 Å². The quantitative estimate of drug-likeness (QED) is 0.735. The van der Waals surface area contributed by atoms with Crippen LogP contribution in [0.4, 0.5) is 0 Å². The molecule has 0 aliphatic heterocycles. The summed E-state index contributed by atoms with van der Waals surface area (Å²) in [4.78, 5) is 0. The van der Waals surface area contributed by atoms with Gasteiger partial charge in [0.15, 0.2) is 0 Å². The van der Waals surface area contributed by atoms with Gasteiger partial charge < -0.3 is 4.74 Å². The van der Waals surface area contributed by atoms with E-state index in [2.05, 4.69) is 38.0 Å². The third-order valence-electron chi connectivity index (χ3n) is 2.98. The smallest absolute Gasteiger partial charge is 0.121 e. The maximum Gasteiger partial charge on any atom is 0.121 e. The summed E-state index contributed by atoms with van der Waals surface area (Å²) in [5.41, 5.74) is 4.60. The van der Waals surface area contributed by atoms with E-state index in [0.29, 0.717) is 6.61 Å². The van der Waals surface area contributed by atoms with Crippen LogP contribution >= 0.6 is 0 Å². The summed E-state index contributed by atoms with van der Waals surface area (Å²) in [6.45, 7) is 4.78. The SMILES string of the molecule is C#Cc1cccc(OCc2ccc(C)c(C)c2)c1. The average Bonchev–Trinajstić information content (AvgIpc) is 2.40. The number of hydrogen-bond donors (Lipinski definition) is 0. The minimum atomic E-state index is 0.565. The lowest BCUT2D eigenvalue weighted by Crippen LogP contribution is -1.96. The van der Waals surface area contributed by atoms with E-state index in [-0.39, 0.29) is 0 Å². The molecule has 0 aromatic heterocycles. The molecule has 1 heteroatoms. The van der Waals surface area contributed by atoms with Gasteiger partial charge in [-0.15, -0.1) is 6.42 Å². The molecule has 0 aliphatic rings. The normalized spacial score (nSPS) is 9.83. The molecule has 0 aliphatic carbocycles. The van der Waals surface area contributed by atoms with Gasteiger partial charge >= 0.3 is 0 Å². The molecule has 18 heavy (non-hydrogen) atoms. The average molecular weight is 236 g/mol. The van der Waals surface area contributed by atoms with Crippen LogP contribution in [-0.2, 0) is 6.61 Å². The summed E-state index contributed by atoms with van der Waals surface area (Å²) >= 11 is 0. The second-order valence-corrected chi connectivity index (χ2v) is 4.38. The molecule has 0 heterocycles. The molecule has 1 nitrogen and oxygen atoms in total. The van der Waals surface area contributed by atoms with Crippen LogP contribution in [0.5, 0.6) is 5.75 Å². The van der Waals surface area contributed by atoms with Crippen molar-refractivity contribution in [3.63, 3.8) is 0 Å². The molecular weight excluding hydrogens is 220 g/mol. The summed E-state index contributed by atoms with van der Waals surface area (Å²) in [5, 5.41) is 0. The van der Waals surface area contributed by atoms with E-state index in [1.54, 1.807) is 0 Å². The van der Waals surface area contributed by atoms with Crippen LogP contribution in [0.1, 0.15) is 22.3 Å². The van der Waals surface area contributed by atoms with Gasteiger partial charge in [-0.2, -0.15) is 0 Å². The molecule has 0 bridgehead atoms. The van der Waals surface area contributed by atoms with Gasteiger partial charge in [0.1, 0.15) is 12.4 Å². The van der Waals surface area contributed by atoms with Crippen LogP contribution in [0.2, 0.25) is 0 Å². The fraction of sp³-hybridized carbons (Fsp3) is 0.176. The Balaban J connectivity index is 2.07. The number of hydrogen-bond acceptors (Lipinski definition) is 1. The molecular formula is C17H16O. The Kier molecular flexibility index (Phi) is 3.69. The van der Waals surface area contributed by atoms with E-state index < -0.39 is 0 Å². The first-order valence-corrected chi connectivity index (χ1v) is 5.94. The molecule has 2 rings (SSSR count). The summed E-state index contributed by atoms with van der Waals surface area (Å²) in [5.74, 6) is 3.41. The van der Waals surface area contributed by atoms with Crippen LogP contribution in [0.3, 0.4) is 0 Å². The number of ether oxygens (including phenoxy) is 1. The highest BCUT2D eigenvalue weighted by Crippen LogP contribution is 2.16. The van der Waals surface area contributed by atoms with Crippen LogP contribution in [0, 0.1) is 26.2 Å². The van der Waals surface area contributed by atoms with Crippen molar-refractivity contribution in [1.82, 2.24) is 0 Å². The number of aryl methyl sites for hydroxylation is 2. The van der Waals surface area contributed by atoms with Crippen molar-refractivity contribution in [3.8, 4) is 18.1 Å². The van der Waals surface area contributed by atoms with Crippen molar-refractivity contribution < 1.29 is 4.74 Å². The molecule has 90 valence electrons. The van der Waals surface area contributed by atoms with E-state index in [1.807, 2.05) is 24.3 Å². The zero-order chi connectivity index (χ0) is 13.0. The fourth-order valence-electron chi connectivity index (χ4n) is 1.74. The standard InChI is InChI=1S/C17H16O/c1-4-15-6-5-7-17(11-15)18-12-16-9-8-13(2)14(3)10-16/h1,5-11H,12H2,2-3H3. The van der Waals surface area contributed by atoms with E-state index in [1.165, 1.54) is 16.7 Å². The van der Waals surface area contributed by atoms with Crippen LogP contribution < -0.4 is 4.74 Å². The maximum atomic E-state index is 5.73. The molecule has 0 radical (unpaired) electrons. The number of benzene rings is 2. The Morgan fingerprint density at radius 1 is 1.06 bits per heavy atom. The van der Waals surface area contributed by atoms with Crippen molar-refractivity contribution in [1.29, 1.82) is 0 Å². The monoisotopic (exact) mass is 236 g/mol. The van der Waals surface area contributed by atoms with Gasteiger partial charge in [-0.3, -0.25) is 0 Å². The molecule has 0 saturated carbocycles. The Labute approximate surface area is 108 Å². The lowest BCUT2D eigenvalue weighted by Gasteiger charge is -2.08. The van der Waals surface area contributed by atoms with Crippen LogP contribution in [-0.4, -0.2) is 0 Å². The zero-order valence-corrected chi connectivity index (χ0v) is 10.7. The number of rotatable bonds is 3. The van der Waals surface area contributed by atoms with Gasteiger partial charge in [-0.25, -0.2) is 0 Å². The van der Waals surface area contributed by atoms with E-state index in [9.17, 15) is 0 Å². The molecule has 0 atom stereocenters. The Morgan fingerprint density at radius 2 is 1.89 bits per heavy atom. The van der Waals surface area contributed by atoms with E-state index >= 15 is 0 Å². The molecule has 0 fully saturated rings. The fourth-order valence-corrected chi connectivity index (χ4v) is 1.74. The molecule has 2 aromatic rings. The van der Waals surface area contributed by atoms with Gasteiger partial charge in [0, 0.05) is 5.56 Å². The summed E-state index contributed by atoms with van der Waals surface area (Å²) in [7, 11) is 0. The Hall–Kier alpha value is -2.20. The minimum absolute atomic E-state index is 0.565. The maximum absolute atomic E-state index is 5.73. The Morgan fingerprint density at radius 3 is 2.61 bits per heavy atom. The van der Waals surface area contributed by atoms with E-state index in [4.69, 9.17) is 11.2 Å². The van der Waals surface area contributed by atoms with Crippen molar-refractivity contribution in [3.05, 3.63) is 64.7 Å². The van der Waals surface area contributed by atoms with Crippen LogP contribution in [0.25, 0.3) is 0 Å². The highest BCUT2D eigenvalue weighted by molar-refractivity contribution is 5.38. The van der Waals surface area contributed by atoms with Crippen molar-refractivity contribution in [2.75, 3.05) is 0 Å². The summed E-state index contributed by atoms with van der Waals surface area (Å²) in [6.07, 6.45) is 5.36. The largest absolute Gasteiger partial charge is 0.489 e. The predicted octanol–water partition coefficient (Wildman–Crippen LogP) is 3.86.